The number of sulfonamides is 1. The van der Waals surface area contributed by atoms with E-state index in [1.54, 1.807) is 42.6 Å². The molecule has 0 spiro atoms. The first-order chi connectivity index (χ1) is 25.8. The van der Waals surface area contributed by atoms with Gasteiger partial charge in [-0.15, -0.1) is 10.2 Å². The summed E-state index contributed by atoms with van der Waals surface area (Å²) in [6, 6.07) is 18.7. The van der Waals surface area contributed by atoms with Gasteiger partial charge in [0.25, 0.3) is 10.0 Å². The van der Waals surface area contributed by atoms with Crippen molar-refractivity contribution >= 4 is 39.4 Å². The fraction of sp³-hybridized carbons (Fsp3) is 0.200. The standard InChI is InChI=1S/C35H33ClN10O7S/c1-35(2,3)22-5-8-24(9-6-22)54(49,50)43-33-27(53-28-20-23(51-4)7-10-25(28)36)11-12-29(39-33)46(34(47)48)17-18-52-30-14-16-38-31(40-30)21-13-15-37-26(19-21)32-41-44-45-42-32/h5-16,19-20H,17-18H2,1-4H3,(H,39,43)(H,47,48)(H,41,42,44,45). The fourth-order valence-corrected chi connectivity index (χ4v) is 6.11. The Bertz CT molecular complexity index is 2380. The molecular weight excluding hydrogens is 740 g/mol. The lowest BCUT2D eigenvalue weighted by molar-refractivity contribution is 0.199. The third-order valence-electron chi connectivity index (χ3n) is 7.76. The van der Waals surface area contributed by atoms with Gasteiger partial charge in [-0.05, 0) is 64.7 Å². The van der Waals surface area contributed by atoms with E-state index in [2.05, 4.69) is 45.3 Å². The summed E-state index contributed by atoms with van der Waals surface area (Å²) in [6.45, 7) is 5.66. The van der Waals surface area contributed by atoms with Crippen LogP contribution in [0.1, 0.15) is 26.3 Å². The first kappa shape index (κ1) is 37.4. The van der Waals surface area contributed by atoms with Crippen LogP contribution < -0.4 is 23.8 Å². The van der Waals surface area contributed by atoms with E-state index in [9.17, 15) is 18.3 Å². The van der Waals surface area contributed by atoms with Crippen LogP contribution >= 0.6 is 11.6 Å². The Labute approximate surface area is 314 Å². The molecule has 0 radical (unpaired) electrons. The number of benzene rings is 2. The number of aromatic amines is 1. The highest BCUT2D eigenvalue weighted by Gasteiger charge is 2.24. The molecule has 2 aromatic carbocycles. The molecule has 0 saturated carbocycles. The van der Waals surface area contributed by atoms with Crippen LogP contribution in [-0.4, -0.2) is 80.4 Å². The summed E-state index contributed by atoms with van der Waals surface area (Å²) in [5, 5.41) is 24.2. The highest BCUT2D eigenvalue weighted by atomic mass is 35.5. The summed E-state index contributed by atoms with van der Waals surface area (Å²) < 4.78 is 46.9. The number of aromatic nitrogens is 8. The van der Waals surface area contributed by atoms with Crippen molar-refractivity contribution in [1.82, 2.24) is 40.6 Å². The topological polar surface area (TPSA) is 220 Å². The second-order valence-electron chi connectivity index (χ2n) is 12.5. The monoisotopic (exact) mass is 772 g/mol. The molecule has 0 atom stereocenters. The SMILES string of the molecule is COc1ccc(Cl)c(Oc2ccc(N(CCOc3ccnc(-c4ccnc(-c5nn[nH]n5)c4)n3)C(=O)O)nc2NS(=O)(=O)c2ccc(C(C)(C)C)cc2)c1. The molecule has 4 heterocycles. The molecular formula is C35H33ClN10O7S. The van der Waals surface area contributed by atoms with Crippen LogP contribution in [0.2, 0.25) is 5.02 Å². The van der Waals surface area contributed by atoms with E-state index in [1.165, 1.54) is 49.7 Å². The Balaban J connectivity index is 1.25. The van der Waals surface area contributed by atoms with Gasteiger partial charge in [-0.1, -0.05) is 44.5 Å². The molecule has 1 amide bonds. The van der Waals surface area contributed by atoms with Crippen molar-refractivity contribution < 1.29 is 32.5 Å². The molecule has 6 rings (SSSR count). The predicted molar refractivity (Wildman–Crippen MR) is 198 cm³/mol. The van der Waals surface area contributed by atoms with E-state index in [1.807, 2.05) is 20.8 Å². The van der Waals surface area contributed by atoms with E-state index >= 15 is 0 Å². The number of anilines is 2. The van der Waals surface area contributed by atoms with Gasteiger partial charge in [0.2, 0.25) is 11.7 Å². The van der Waals surface area contributed by atoms with Gasteiger partial charge < -0.3 is 19.3 Å². The number of nitrogens with one attached hydrogen (secondary N) is 2. The van der Waals surface area contributed by atoms with Crippen molar-refractivity contribution in [3.05, 3.63) is 95.8 Å². The number of rotatable bonds is 13. The molecule has 17 nitrogen and oxygen atoms in total. The Morgan fingerprint density at radius 3 is 2.43 bits per heavy atom. The van der Waals surface area contributed by atoms with Crippen molar-refractivity contribution in [3.8, 4) is 46.0 Å². The molecule has 0 aliphatic carbocycles. The maximum absolute atomic E-state index is 13.7. The van der Waals surface area contributed by atoms with Crippen molar-refractivity contribution in [2.45, 2.75) is 31.1 Å². The van der Waals surface area contributed by atoms with Gasteiger partial charge in [-0.3, -0.25) is 14.6 Å². The highest BCUT2D eigenvalue weighted by molar-refractivity contribution is 7.92. The van der Waals surface area contributed by atoms with E-state index in [0.29, 0.717) is 28.7 Å². The van der Waals surface area contributed by atoms with Gasteiger partial charge in [0.1, 0.15) is 29.6 Å². The molecule has 54 heavy (non-hydrogen) atoms. The van der Waals surface area contributed by atoms with Gasteiger partial charge in [-0.2, -0.15) is 10.2 Å². The molecule has 0 saturated heterocycles. The zero-order chi connectivity index (χ0) is 38.5. The van der Waals surface area contributed by atoms with E-state index in [4.69, 9.17) is 25.8 Å². The number of tetrazole rings is 1. The highest BCUT2D eigenvalue weighted by Crippen LogP contribution is 2.37. The lowest BCUT2D eigenvalue weighted by atomic mass is 9.87. The number of halogens is 1. The number of H-pyrrole nitrogens is 1. The summed E-state index contributed by atoms with van der Waals surface area (Å²) in [5.74, 6) is 0.877. The van der Waals surface area contributed by atoms with Gasteiger partial charge in [0.15, 0.2) is 17.4 Å². The second kappa shape index (κ2) is 15.7. The molecule has 4 aromatic heterocycles. The molecule has 0 unspecified atom stereocenters. The normalized spacial score (nSPS) is 11.5. The van der Waals surface area contributed by atoms with Gasteiger partial charge in [0, 0.05) is 30.1 Å². The smallest absolute Gasteiger partial charge is 0.413 e. The van der Waals surface area contributed by atoms with Crippen LogP contribution in [0.5, 0.6) is 23.1 Å². The van der Waals surface area contributed by atoms with Crippen molar-refractivity contribution in [2.24, 2.45) is 0 Å². The molecule has 0 bridgehead atoms. The number of carboxylic acid groups (broad SMARTS) is 1. The van der Waals surface area contributed by atoms with Crippen LogP contribution in [0.15, 0.2) is 90.1 Å². The van der Waals surface area contributed by atoms with Gasteiger partial charge in [0.05, 0.1) is 23.6 Å². The molecule has 0 aliphatic heterocycles. The van der Waals surface area contributed by atoms with E-state index in [0.717, 1.165) is 10.5 Å². The van der Waals surface area contributed by atoms with E-state index < -0.39 is 16.1 Å². The number of nitrogens with zero attached hydrogens (tertiary/aromatic N) is 8. The summed E-state index contributed by atoms with van der Waals surface area (Å²) in [5.41, 5.74) is 1.78. The first-order valence-electron chi connectivity index (χ1n) is 16.1. The zero-order valence-electron chi connectivity index (χ0n) is 29.3. The second-order valence-corrected chi connectivity index (χ2v) is 14.6. The Kier molecular flexibility index (Phi) is 10.9. The Morgan fingerprint density at radius 1 is 0.944 bits per heavy atom. The average molecular weight is 773 g/mol. The van der Waals surface area contributed by atoms with Crippen LogP contribution in [0, 0.1) is 0 Å². The van der Waals surface area contributed by atoms with Gasteiger partial charge >= 0.3 is 6.09 Å². The third-order valence-corrected chi connectivity index (χ3v) is 9.43. The number of carbonyl (C=O) groups is 1. The van der Waals surface area contributed by atoms with Crippen molar-refractivity contribution in [3.63, 3.8) is 0 Å². The molecule has 278 valence electrons. The summed E-state index contributed by atoms with van der Waals surface area (Å²) >= 11 is 6.38. The predicted octanol–water partition coefficient (Wildman–Crippen LogP) is 6.23. The molecule has 19 heteroatoms. The minimum absolute atomic E-state index is 0.0430. The molecule has 6 aromatic rings. The third kappa shape index (κ3) is 8.79. The average Bonchev–Trinajstić information content (AvgIpc) is 3.70. The lowest BCUT2D eigenvalue weighted by Gasteiger charge is -2.21. The lowest BCUT2D eigenvalue weighted by Crippen LogP contribution is -2.34. The number of methoxy groups -OCH3 is 1. The maximum atomic E-state index is 13.7. The number of hydrogen-bond acceptors (Lipinski definition) is 13. The van der Waals surface area contributed by atoms with E-state index in [-0.39, 0.29) is 57.5 Å². The van der Waals surface area contributed by atoms with Gasteiger partial charge in [-0.25, -0.2) is 23.2 Å². The summed E-state index contributed by atoms with van der Waals surface area (Å²) in [6.07, 6.45) is 1.66. The van der Waals surface area contributed by atoms with Crippen LogP contribution in [0.4, 0.5) is 16.4 Å². The van der Waals surface area contributed by atoms with Crippen molar-refractivity contribution in [2.75, 3.05) is 29.9 Å². The fourth-order valence-electron chi connectivity index (χ4n) is 4.94. The molecule has 3 N–H and O–H groups in total. The Hall–Kier alpha value is -6.40. The number of pyridine rings is 2. The van der Waals surface area contributed by atoms with Crippen molar-refractivity contribution in [1.29, 1.82) is 0 Å². The van der Waals surface area contributed by atoms with Crippen LogP contribution in [0.3, 0.4) is 0 Å². The minimum Gasteiger partial charge on any atom is -0.497 e. The first-order valence-corrected chi connectivity index (χ1v) is 18.0. The minimum atomic E-state index is -4.24. The van der Waals surface area contributed by atoms with Crippen LogP contribution in [-0.2, 0) is 15.4 Å². The quantitative estimate of drug-likeness (QED) is 0.118. The molecule has 0 fully saturated rings. The summed E-state index contributed by atoms with van der Waals surface area (Å²) in [7, 11) is -2.77. The largest absolute Gasteiger partial charge is 0.497 e. The summed E-state index contributed by atoms with van der Waals surface area (Å²) in [4.78, 5) is 30.7. The maximum Gasteiger partial charge on any atom is 0.413 e. The number of hydrogen-bond donors (Lipinski definition) is 3. The van der Waals surface area contributed by atoms with Crippen LogP contribution in [0.25, 0.3) is 22.9 Å². The number of amides is 1. The number of ether oxygens (including phenoxy) is 3. The Morgan fingerprint density at radius 2 is 1.72 bits per heavy atom. The molecule has 0 aliphatic rings. The zero-order valence-corrected chi connectivity index (χ0v) is 30.8.